The van der Waals surface area contributed by atoms with Gasteiger partial charge in [-0.15, -0.1) is 0 Å². The Hall–Kier alpha value is -2.71. The average Bonchev–Trinajstić information content (AvgIpc) is 3.53. The van der Waals surface area contributed by atoms with Crippen molar-refractivity contribution in [3.8, 4) is 11.1 Å². The number of nitrogens with two attached hydrogens (primary N) is 3. The number of nitrogens with one attached hydrogen (secondary N) is 7. The molecule has 0 amide bonds. The van der Waals surface area contributed by atoms with E-state index in [0.717, 1.165) is 0 Å². The molecule has 5 rings (SSSR count). The topological polar surface area (TPSA) is 247 Å². The number of imidazole rings is 1. The molecule has 0 bridgehead atoms. The van der Waals surface area contributed by atoms with Gasteiger partial charge in [0, 0.05) is 30.3 Å². The molecule has 0 spiro atoms. The van der Waals surface area contributed by atoms with E-state index in [1.54, 1.807) is 18.2 Å². The minimum absolute atomic E-state index is 0.0655. The van der Waals surface area contributed by atoms with Crippen molar-refractivity contribution in [1.29, 1.82) is 0 Å². The van der Waals surface area contributed by atoms with Crippen LogP contribution in [0.3, 0.4) is 0 Å². The van der Waals surface area contributed by atoms with Gasteiger partial charge in [-0.25, -0.2) is 42.5 Å². The molecule has 2 fully saturated rings. The molecule has 15 nitrogen and oxygen atoms in total. The minimum atomic E-state index is -4.56. The minimum Gasteiger partial charge on any atom is -0.369 e. The third kappa shape index (κ3) is 4.38. The third-order valence-corrected chi connectivity index (χ3v) is 8.58. The monoisotopic (exact) mass is 523 g/mol. The van der Waals surface area contributed by atoms with E-state index in [1.165, 1.54) is 12.1 Å². The lowest BCUT2D eigenvalue weighted by Gasteiger charge is -2.23. The van der Waals surface area contributed by atoms with Crippen molar-refractivity contribution in [2.24, 2.45) is 10.9 Å². The molecule has 188 valence electrons. The fourth-order valence-electron chi connectivity index (χ4n) is 4.36. The molecule has 3 heterocycles. The molecule has 35 heavy (non-hydrogen) atoms. The van der Waals surface area contributed by atoms with E-state index < -0.39 is 48.1 Å². The lowest BCUT2D eigenvalue weighted by Crippen LogP contribution is -2.47. The highest BCUT2D eigenvalue weighted by Gasteiger charge is 2.36. The van der Waals surface area contributed by atoms with Crippen molar-refractivity contribution in [2.45, 2.75) is 28.0 Å². The highest BCUT2D eigenvalue weighted by Crippen LogP contribution is 2.39. The normalized spacial score (nSPS) is 21.8. The van der Waals surface area contributed by atoms with Crippen molar-refractivity contribution >= 4 is 37.0 Å². The predicted octanol–water partition coefficient (Wildman–Crippen LogP) is -2.85. The lowest BCUT2D eigenvalue weighted by molar-refractivity contribution is 0.525. The Morgan fingerprint density at radius 2 is 1.74 bits per heavy atom. The maximum Gasteiger partial charge on any atom is 0.242 e. The smallest absolute Gasteiger partial charge is 0.242 e. The number of nitrogens with zero attached hydrogens (tertiary/aromatic N) is 1. The van der Waals surface area contributed by atoms with Crippen LogP contribution in [0.15, 0.2) is 40.1 Å². The van der Waals surface area contributed by atoms with Crippen molar-refractivity contribution in [1.82, 2.24) is 41.9 Å². The Labute approximate surface area is 200 Å². The number of primary sulfonamides is 1. The first-order chi connectivity index (χ1) is 16.6. The Balaban J connectivity index is 1.77. The highest BCUT2D eigenvalue weighted by molar-refractivity contribution is 7.92. The molecule has 17 heteroatoms. The molecule has 0 aliphatic carbocycles. The van der Waals surface area contributed by atoms with E-state index in [9.17, 15) is 16.8 Å². The van der Waals surface area contributed by atoms with E-state index in [1.807, 2.05) is 0 Å². The van der Waals surface area contributed by atoms with Crippen molar-refractivity contribution in [3.63, 3.8) is 0 Å². The van der Waals surface area contributed by atoms with E-state index in [2.05, 4.69) is 41.9 Å². The maximum absolute atomic E-state index is 13.4. The molecular weight excluding hydrogens is 498 g/mol. The zero-order chi connectivity index (χ0) is 25.0. The summed E-state index contributed by atoms with van der Waals surface area (Å²) in [5.74, 6) is 0.172. The summed E-state index contributed by atoms with van der Waals surface area (Å²) >= 11 is 0. The van der Waals surface area contributed by atoms with Crippen LogP contribution >= 0.6 is 0 Å². The summed E-state index contributed by atoms with van der Waals surface area (Å²) in [5.41, 5.74) is 24.7. The van der Waals surface area contributed by atoms with Gasteiger partial charge in [-0.1, -0.05) is 18.2 Å². The number of sulfonamides is 2. The quantitative estimate of drug-likeness (QED) is 0.157. The van der Waals surface area contributed by atoms with Crippen LogP contribution in [0.5, 0.6) is 0 Å². The number of aromatic amines is 1. The number of anilines is 1. The van der Waals surface area contributed by atoms with Crippen LogP contribution in [0.4, 0.5) is 5.95 Å². The van der Waals surface area contributed by atoms with Crippen LogP contribution in [-0.2, 0) is 20.0 Å². The summed E-state index contributed by atoms with van der Waals surface area (Å²) < 4.78 is 55.2. The Bertz CT molecular complexity index is 1500. The van der Waals surface area contributed by atoms with Gasteiger partial charge in [0.1, 0.15) is 16.0 Å². The molecule has 2 saturated heterocycles. The predicted molar refractivity (Wildman–Crippen MR) is 128 cm³/mol. The molecule has 2 aliphatic rings. The molecule has 2 aliphatic heterocycles. The van der Waals surface area contributed by atoms with Crippen LogP contribution in [-0.4, -0.2) is 52.0 Å². The first kappa shape index (κ1) is 24.0. The van der Waals surface area contributed by atoms with E-state index in [4.69, 9.17) is 16.6 Å². The van der Waals surface area contributed by atoms with Crippen molar-refractivity contribution in [3.05, 3.63) is 35.9 Å². The summed E-state index contributed by atoms with van der Waals surface area (Å²) in [7, 11) is -8.91. The van der Waals surface area contributed by atoms with E-state index >= 15 is 0 Å². The summed E-state index contributed by atoms with van der Waals surface area (Å²) in [6, 6.07) is 6.84. The van der Waals surface area contributed by atoms with E-state index in [-0.39, 0.29) is 11.5 Å². The van der Waals surface area contributed by atoms with Crippen LogP contribution in [0.2, 0.25) is 0 Å². The number of aromatic nitrogens is 2. The fourth-order valence-corrected chi connectivity index (χ4v) is 7.31. The van der Waals surface area contributed by atoms with Gasteiger partial charge in [-0.05, 0) is 17.7 Å². The van der Waals surface area contributed by atoms with Gasteiger partial charge in [0.25, 0.3) is 0 Å². The molecule has 3 aromatic rings. The number of fused-ring (bicyclic) bond motifs is 1. The number of hydrogen-bond donors (Lipinski definition) is 10. The van der Waals surface area contributed by atoms with Gasteiger partial charge in [-0.3, -0.25) is 0 Å². The molecule has 0 saturated carbocycles. The lowest BCUT2D eigenvalue weighted by atomic mass is 9.96. The number of hydrazine groups is 3. The summed E-state index contributed by atoms with van der Waals surface area (Å²) in [5, 5.41) is 8.62. The van der Waals surface area contributed by atoms with Crippen LogP contribution in [0.25, 0.3) is 22.2 Å². The standard InChI is InChI=1S/C18H25N11O4S2/c19-10-6-22-7-12(10)27-35(32,33)13-5-4-8(9-2-1-3-11-15(9)24-18(20)23-11)14(16(13)34(21,30)31)17-25-28-29-26-17/h1-5,10,12,17,22,25-29H,6-7,19H2,(H3,20,23,24)(H2,21,30,31)/t10-,12-/m1/s1. The average molecular weight is 524 g/mol. The van der Waals surface area contributed by atoms with Crippen LogP contribution in [0.1, 0.15) is 11.7 Å². The molecule has 2 aromatic carbocycles. The Morgan fingerprint density at radius 3 is 2.40 bits per heavy atom. The SMILES string of the molecule is Nc1nc2c(-c3ccc(S(=O)(=O)N[C@@H]4CNC[C@H]4N)c(S(N)(=O)=O)c3C3NNNN3)cccc2[nH]1. The summed E-state index contributed by atoms with van der Waals surface area (Å²) in [4.78, 5) is 6.17. The number of hydrogen-bond acceptors (Lipinski definition) is 12. The first-order valence-electron chi connectivity index (χ1n) is 10.5. The van der Waals surface area contributed by atoms with Gasteiger partial charge in [0.2, 0.25) is 20.0 Å². The Morgan fingerprint density at radius 1 is 1.00 bits per heavy atom. The van der Waals surface area contributed by atoms with Gasteiger partial charge >= 0.3 is 0 Å². The van der Waals surface area contributed by atoms with Gasteiger partial charge in [-0.2, -0.15) is 11.1 Å². The second-order valence-electron chi connectivity index (χ2n) is 8.24. The highest BCUT2D eigenvalue weighted by atomic mass is 32.2. The maximum atomic E-state index is 13.4. The molecule has 0 radical (unpaired) electrons. The van der Waals surface area contributed by atoms with Crippen molar-refractivity contribution < 1.29 is 16.8 Å². The van der Waals surface area contributed by atoms with Crippen molar-refractivity contribution in [2.75, 3.05) is 18.8 Å². The fraction of sp³-hybridized carbons (Fsp3) is 0.278. The number of benzene rings is 2. The van der Waals surface area contributed by atoms with Crippen LogP contribution in [0, 0.1) is 0 Å². The summed E-state index contributed by atoms with van der Waals surface area (Å²) in [6.45, 7) is 0.724. The Kier molecular flexibility index (Phi) is 6.00. The van der Waals surface area contributed by atoms with Gasteiger partial charge < -0.3 is 21.8 Å². The molecule has 2 atom stereocenters. The molecule has 13 N–H and O–H groups in total. The van der Waals surface area contributed by atoms with E-state index in [0.29, 0.717) is 35.2 Å². The van der Waals surface area contributed by atoms with Gasteiger partial charge in [0.05, 0.1) is 17.1 Å². The molecule has 1 aromatic heterocycles. The molecule has 0 unspecified atom stereocenters. The zero-order valence-corrected chi connectivity index (χ0v) is 19.8. The zero-order valence-electron chi connectivity index (χ0n) is 18.2. The number of rotatable bonds is 6. The second-order valence-corrected chi connectivity index (χ2v) is 11.4. The number of para-hydroxylation sites is 1. The number of nitrogen functional groups attached to an aromatic ring is 1. The largest absolute Gasteiger partial charge is 0.369 e. The first-order valence-corrected chi connectivity index (χ1v) is 13.5. The molecular formula is C18H25N11O4S2. The van der Waals surface area contributed by atoms with Crippen LogP contribution < -0.4 is 48.6 Å². The third-order valence-electron chi connectivity index (χ3n) is 5.91. The van der Waals surface area contributed by atoms with Gasteiger partial charge in [0.15, 0.2) is 5.95 Å². The summed E-state index contributed by atoms with van der Waals surface area (Å²) in [6.07, 6.45) is -0.893. The second kappa shape index (κ2) is 8.75. The number of H-pyrrole nitrogens is 1.